The third-order valence-corrected chi connectivity index (χ3v) is 3.14. The number of ether oxygens (including phenoxy) is 1. The molecule has 0 atom stereocenters. The molecule has 2 aromatic rings. The Bertz CT molecular complexity index is 564. The average Bonchev–Trinajstić information content (AvgIpc) is 2.41. The van der Waals surface area contributed by atoms with Crippen molar-refractivity contribution in [3.63, 3.8) is 0 Å². The van der Waals surface area contributed by atoms with Gasteiger partial charge in [-0.2, -0.15) is 5.10 Å². The number of aromatic nitrogens is 2. The summed E-state index contributed by atoms with van der Waals surface area (Å²) in [5.74, 6) is 1.83. The molecule has 0 aliphatic carbocycles. The van der Waals surface area contributed by atoms with E-state index in [1.807, 2.05) is 31.3 Å². The molecule has 0 saturated carbocycles. The van der Waals surface area contributed by atoms with Gasteiger partial charge in [0.05, 0.1) is 5.69 Å². The van der Waals surface area contributed by atoms with Crippen LogP contribution in [0.1, 0.15) is 36.6 Å². The van der Waals surface area contributed by atoms with Crippen molar-refractivity contribution in [2.24, 2.45) is 0 Å². The van der Waals surface area contributed by atoms with E-state index >= 15 is 0 Å². The molecule has 0 saturated heterocycles. The molecule has 1 heterocycles. The van der Waals surface area contributed by atoms with Gasteiger partial charge in [0.1, 0.15) is 5.75 Å². The Labute approximate surface area is 120 Å². The van der Waals surface area contributed by atoms with Crippen molar-refractivity contribution >= 4 is 0 Å². The summed E-state index contributed by atoms with van der Waals surface area (Å²) in [6.45, 7) is 7.18. The van der Waals surface area contributed by atoms with Gasteiger partial charge in [-0.25, -0.2) is 0 Å². The van der Waals surface area contributed by atoms with Crippen molar-refractivity contribution < 1.29 is 4.74 Å². The van der Waals surface area contributed by atoms with E-state index in [4.69, 9.17) is 4.74 Å². The number of hydrogen-bond acceptors (Lipinski definition) is 4. The molecular formula is C16H21N3O. The smallest absolute Gasteiger partial charge is 0.238 e. The average molecular weight is 271 g/mol. The summed E-state index contributed by atoms with van der Waals surface area (Å²) in [7, 11) is 1.88. The molecule has 0 unspecified atom stereocenters. The Morgan fingerprint density at radius 2 is 1.95 bits per heavy atom. The summed E-state index contributed by atoms with van der Waals surface area (Å²) in [5.41, 5.74) is 3.47. The molecule has 0 spiro atoms. The van der Waals surface area contributed by atoms with E-state index in [1.165, 1.54) is 11.1 Å². The first kappa shape index (κ1) is 14.5. The van der Waals surface area contributed by atoms with Gasteiger partial charge in [0.15, 0.2) is 0 Å². The normalized spacial score (nSPS) is 10.8. The zero-order chi connectivity index (χ0) is 14.5. The third kappa shape index (κ3) is 3.54. The van der Waals surface area contributed by atoms with Crippen molar-refractivity contribution in [2.45, 2.75) is 33.2 Å². The fraction of sp³-hybridized carbons (Fsp3) is 0.375. The molecule has 106 valence electrons. The second kappa shape index (κ2) is 6.48. The van der Waals surface area contributed by atoms with Crippen LogP contribution in [-0.4, -0.2) is 17.2 Å². The fourth-order valence-electron chi connectivity index (χ4n) is 2.16. The number of benzene rings is 1. The number of aryl methyl sites for hydroxylation is 1. The standard InChI is InChI=1S/C16H21N3O/c1-11(2)15-7-6-14(9-12(15)3)20-16-8-5-13(10-17-4)18-19-16/h5-9,11,17H,10H2,1-4H3. The van der Waals surface area contributed by atoms with Crippen LogP contribution in [0.4, 0.5) is 0 Å². The van der Waals surface area contributed by atoms with Crippen LogP contribution in [0.3, 0.4) is 0 Å². The van der Waals surface area contributed by atoms with Gasteiger partial charge in [0.2, 0.25) is 5.88 Å². The summed E-state index contributed by atoms with van der Waals surface area (Å²) in [4.78, 5) is 0. The van der Waals surface area contributed by atoms with E-state index in [0.717, 1.165) is 11.4 Å². The monoisotopic (exact) mass is 271 g/mol. The topological polar surface area (TPSA) is 47.0 Å². The van der Waals surface area contributed by atoms with E-state index < -0.39 is 0 Å². The van der Waals surface area contributed by atoms with Gasteiger partial charge in [0.25, 0.3) is 0 Å². The highest BCUT2D eigenvalue weighted by Gasteiger charge is 2.06. The number of nitrogens with one attached hydrogen (secondary N) is 1. The maximum absolute atomic E-state index is 5.73. The molecule has 1 N–H and O–H groups in total. The summed E-state index contributed by atoms with van der Waals surface area (Å²) in [6.07, 6.45) is 0. The number of hydrogen-bond donors (Lipinski definition) is 1. The molecule has 1 aromatic carbocycles. The first-order valence-corrected chi connectivity index (χ1v) is 6.85. The molecule has 4 heteroatoms. The van der Waals surface area contributed by atoms with Crippen LogP contribution in [0.5, 0.6) is 11.6 Å². The van der Waals surface area contributed by atoms with E-state index in [9.17, 15) is 0 Å². The predicted octanol–water partition coefficient (Wildman–Crippen LogP) is 3.42. The lowest BCUT2D eigenvalue weighted by Gasteiger charge is -2.11. The highest BCUT2D eigenvalue weighted by atomic mass is 16.5. The molecular weight excluding hydrogens is 250 g/mol. The van der Waals surface area contributed by atoms with Crippen molar-refractivity contribution in [3.05, 3.63) is 47.2 Å². The molecule has 0 bridgehead atoms. The minimum absolute atomic E-state index is 0.515. The Morgan fingerprint density at radius 3 is 2.50 bits per heavy atom. The maximum atomic E-state index is 5.73. The minimum atomic E-state index is 0.515. The first-order chi connectivity index (χ1) is 9.60. The van der Waals surface area contributed by atoms with Crippen molar-refractivity contribution in [1.82, 2.24) is 15.5 Å². The van der Waals surface area contributed by atoms with Gasteiger partial charge in [-0.05, 0) is 49.2 Å². The number of rotatable bonds is 5. The summed E-state index contributed by atoms with van der Waals surface area (Å²) in [6, 6.07) is 9.88. The summed E-state index contributed by atoms with van der Waals surface area (Å²) < 4.78 is 5.73. The molecule has 4 nitrogen and oxygen atoms in total. The summed E-state index contributed by atoms with van der Waals surface area (Å²) >= 11 is 0. The molecule has 2 rings (SSSR count). The lowest BCUT2D eigenvalue weighted by molar-refractivity contribution is 0.453. The minimum Gasteiger partial charge on any atom is -0.438 e. The van der Waals surface area contributed by atoms with Crippen LogP contribution < -0.4 is 10.1 Å². The number of nitrogens with zero attached hydrogens (tertiary/aromatic N) is 2. The van der Waals surface area contributed by atoms with Crippen molar-refractivity contribution in [3.8, 4) is 11.6 Å². The first-order valence-electron chi connectivity index (χ1n) is 6.85. The molecule has 1 aromatic heterocycles. The van der Waals surface area contributed by atoms with Crippen LogP contribution in [0.25, 0.3) is 0 Å². The second-order valence-corrected chi connectivity index (χ2v) is 5.17. The zero-order valence-electron chi connectivity index (χ0n) is 12.5. The van der Waals surface area contributed by atoms with E-state index in [2.05, 4.69) is 42.4 Å². The van der Waals surface area contributed by atoms with Gasteiger partial charge in [-0.15, -0.1) is 5.10 Å². The second-order valence-electron chi connectivity index (χ2n) is 5.17. The van der Waals surface area contributed by atoms with Crippen molar-refractivity contribution in [2.75, 3.05) is 7.05 Å². The Hall–Kier alpha value is -1.94. The maximum Gasteiger partial charge on any atom is 0.238 e. The van der Waals surface area contributed by atoms with Gasteiger partial charge >= 0.3 is 0 Å². The van der Waals surface area contributed by atoms with Gasteiger partial charge in [-0.3, -0.25) is 0 Å². The molecule has 0 aliphatic heterocycles. The Kier molecular flexibility index (Phi) is 4.69. The van der Waals surface area contributed by atoms with Crippen LogP contribution in [0.2, 0.25) is 0 Å². The molecule has 0 amide bonds. The quantitative estimate of drug-likeness (QED) is 0.905. The lowest BCUT2D eigenvalue weighted by Crippen LogP contribution is -2.07. The van der Waals surface area contributed by atoms with E-state index in [1.54, 1.807) is 0 Å². The largest absolute Gasteiger partial charge is 0.438 e. The van der Waals surface area contributed by atoms with Gasteiger partial charge < -0.3 is 10.1 Å². The van der Waals surface area contributed by atoms with E-state index in [-0.39, 0.29) is 0 Å². The lowest BCUT2D eigenvalue weighted by atomic mass is 9.98. The molecule has 0 radical (unpaired) electrons. The molecule has 20 heavy (non-hydrogen) atoms. The van der Waals surface area contributed by atoms with Gasteiger partial charge in [-0.1, -0.05) is 19.9 Å². The fourth-order valence-corrected chi connectivity index (χ4v) is 2.16. The highest BCUT2D eigenvalue weighted by Crippen LogP contribution is 2.26. The molecule has 0 fully saturated rings. The van der Waals surface area contributed by atoms with Crippen molar-refractivity contribution in [1.29, 1.82) is 0 Å². The SMILES string of the molecule is CNCc1ccc(Oc2ccc(C(C)C)c(C)c2)nn1. The Balaban J connectivity index is 2.11. The van der Waals surface area contributed by atoms with Crippen LogP contribution >= 0.6 is 0 Å². The molecule has 0 aliphatic rings. The summed E-state index contributed by atoms with van der Waals surface area (Å²) in [5, 5.41) is 11.2. The predicted molar refractivity (Wildman–Crippen MR) is 80.1 cm³/mol. The van der Waals surface area contributed by atoms with Gasteiger partial charge in [0, 0.05) is 12.6 Å². The van der Waals surface area contributed by atoms with Crippen LogP contribution in [-0.2, 0) is 6.54 Å². The van der Waals surface area contributed by atoms with Crippen LogP contribution in [0.15, 0.2) is 30.3 Å². The van der Waals surface area contributed by atoms with Crippen LogP contribution in [0, 0.1) is 6.92 Å². The Morgan fingerprint density at radius 1 is 1.15 bits per heavy atom. The highest BCUT2D eigenvalue weighted by molar-refractivity contribution is 5.37. The van der Waals surface area contributed by atoms with E-state index in [0.29, 0.717) is 18.3 Å². The third-order valence-electron chi connectivity index (χ3n) is 3.14. The zero-order valence-corrected chi connectivity index (χ0v) is 12.5.